The van der Waals surface area contributed by atoms with Crippen LogP contribution in [-0.2, 0) is 4.79 Å². The Morgan fingerprint density at radius 3 is 2.56 bits per heavy atom. The van der Waals surface area contributed by atoms with Gasteiger partial charge < -0.3 is 0 Å². The number of hydrogen-bond acceptors (Lipinski definition) is 3. The molecule has 2 amide bonds. The summed E-state index contributed by atoms with van der Waals surface area (Å²) in [7, 11) is 0. The lowest BCUT2D eigenvalue weighted by Crippen LogP contribution is -2.45. The molecule has 7 heteroatoms. The number of rotatable bonds is 2. The van der Waals surface area contributed by atoms with Crippen LogP contribution in [0.25, 0.3) is 0 Å². The molecule has 0 bridgehead atoms. The van der Waals surface area contributed by atoms with E-state index < -0.39 is 21.6 Å². The maximum atomic E-state index is 11.8. The quantitative estimate of drug-likeness (QED) is 0.638. The maximum Gasteiger partial charge on any atom is 0.271 e. The van der Waals surface area contributed by atoms with Crippen molar-refractivity contribution in [2.75, 3.05) is 0 Å². The normalized spacial score (nSPS) is 24.2. The van der Waals surface area contributed by atoms with E-state index >= 15 is 0 Å². The van der Waals surface area contributed by atoms with E-state index in [-0.39, 0.29) is 0 Å². The third-order valence-electron chi connectivity index (χ3n) is 2.97. The first-order chi connectivity index (χ1) is 8.37. The summed E-state index contributed by atoms with van der Waals surface area (Å²) in [5.74, 6) is -0.861. The zero-order valence-electron chi connectivity index (χ0n) is 9.54. The van der Waals surface area contributed by atoms with Crippen LogP contribution in [0.15, 0.2) is 24.5 Å². The molecule has 1 heterocycles. The zero-order chi connectivity index (χ0) is 13.4. The topological polar surface area (TPSA) is 71.1 Å². The highest BCUT2D eigenvalue weighted by Gasteiger charge is 2.68. The molecule has 1 saturated carbocycles. The fourth-order valence-corrected chi connectivity index (χ4v) is 2.17. The Balaban J connectivity index is 1.90. The van der Waals surface area contributed by atoms with E-state index in [4.69, 9.17) is 23.2 Å². The van der Waals surface area contributed by atoms with Gasteiger partial charge in [0.25, 0.3) is 5.91 Å². The molecule has 18 heavy (non-hydrogen) atoms. The minimum Gasteiger partial charge on any atom is -0.273 e. The summed E-state index contributed by atoms with van der Waals surface area (Å²) in [5, 5.41) is 0. The highest BCUT2D eigenvalue weighted by atomic mass is 35.5. The second-order valence-corrected chi connectivity index (χ2v) is 5.85. The smallest absolute Gasteiger partial charge is 0.271 e. The van der Waals surface area contributed by atoms with Gasteiger partial charge in [-0.3, -0.25) is 25.4 Å². The molecule has 5 nitrogen and oxygen atoms in total. The predicted molar refractivity (Wildman–Crippen MR) is 67.0 cm³/mol. The fraction of sp³-hybridized carbons (Fsp3) is 0.364. The molecular weight excluding hydrogens is 277 g/mol. The minimum atomic E-state index is -1.06. The van der Waals surface area contributed by atoms with E-state index in [1.807, 2.05) is 0 Å². The molecule has 1 atom stereocenters. The molecule has 0 saturated heterocycles. The number of hydrazine groups is 1. The molecule has 1 unspecified atom stereocenters. The van der Waals surface area contributed by atoms with Crippen molar-refractivity contribution in [2.45, 2.75) is 17.7 Å². The Kier molecular flexibility index (Phi) is 3.21. The van der Waals surface area contributed by atoms with Gasteiger partial charge in [0.05, 0.1) is 11.0 Å². The predicted octanol–water partition coefficient (Wildman–Crippen LogP) is 1.43. The van der Waals surface area contributed by atoms with Crippen LogP contribution in [0.2, 0.25) is 0 Å². The van der Waals surface area contributed by atoms with Crippen molar-refractivity contribution >= 4 is 35.0 Å². The summed E-state index contributed by atoms with van der Waals surface area (Å²) in [6.07, 6.45) is 3.31. The average molecular weight is 288 g/mol. The number of aromatic nitrogens is 1. The van der Waals surface area contributed by atoms with Crippen LogP contribution in [-0.4, -0.2) is 21.1 Å². The molecule has 96 valence electrons. The number of nitrogens with zero attached hydrogens (tertiary/aromatic N) is 1. The highest BCUT2D eigenvalue weighted by molar-refractivity contribution is 6.53. The van der Waals surface area contributed by atoms with E-state index in [2.05, 4.69) is 15.8 Å². The Labute approximate surface area is 114 Å². The van der Waals surface area contributed by atoms with E-state index in [0.717, 1.165) is 0 Å². The number of hydrogen-bond donors (Lipinski definition) is 2. The van der Waals surface area contributed by atoms with Gasteiger partial charge in [-0.05, 0) is 25.5 Å². The molecule has 0 radical (unpaired) electrons. The van der Waals surface area contributed by atoms with Gasteiger partial charge in [-0.2, -0.15) is 0 Å². The third kappa shape index (κ3) is 2.28. The van der Waals surface area contributed by atoms with Crippen LogP contribution < -0.4 is 10.9 Å². The van der Waals surface area contributed by atoms with Crippen molar-refractivity contribution in [1.29, 1.82) is 0 Å². The molecule has 1 aliphatic rings. The molecule has 2 rings (SSSR count). The van der Waals surface area contributed by atoms with E-state index in [0.29, 0.717) is 12.0 Å². The van der Waals surface area contributed by atoms with Gasteiger partial charge in [-0.15, -0.1) is 23.2 Å². The Morgan fingerprint density at radius 1 is 1.39 bits per heavy atom. The highest BCUT2D eigenvalue weighted by Crippen LogP contribution is 2.63. The Bertz CT molecular complexity index is 492. The van der Waals surface area contributed by atoms with Crippen LogP contribution in [0, 0.1) is 5.41 Å². The monoisotopic (exact) mass is 287 g/mol. The molecule has 2 N–H and O–H groups in total. The standard InChI is InChI=1S/C11H11Cl2N3O2/c1-10(6-11(10,12)13)9(18)16-15-8(17)7-3-2-4-14-5-7/h2-5H,6H2,1H3,(H,15,17)(H,16,18). The molecule has 1 aromatic heterocycles. The molecule has 0 aromatic carbocycles. The summed E-state index contributed by atoms with van der Waals surface area (Å²) >= 11 is 11.7. The number of pyridine rings is 1. The van der Waals surface area contributed by atoms with Crippen molar-refractivity contribution in [3.63, 3.8) is 0 Å². The van der Waals surface area contributed by atoms with Crippen molar-refractivity contribution < 1.29 is 9.59 Å². The fourth-order valence-electron chi connectivity index (χ4n) is 1.47. The Hall–Kier alpha value is -1.33. The Morgan fingerprint density at radius 2 is 2.06 bits per heavy atom. The summed E-state index contributed by atoms with van der Waals surface area (Å²) in [6, 6.07) is 3.21. The van der Waals surface area contributed by atoms with Gasteiger partial charge >= 0.3 is 0 Å². The van der Waals surface area contributed by atoms with Crippen LogP contribution in [0.3, 0.4) is 0 Å². The number of carbonyl (C=O) groups excluding carboxylic acids is 2. The lowest BCUT2D eigenvalue weighted by Gasteiger charge is -2.13. The van der Waals surface area contributed by atoms with Gasteiger partial charge in [0.15, 0.2) is 0 Å². The van der Waals surface area contributed by atoms with Crippen molar-refractivity contribution in [1.82, 2.24) is 15.8 Å². The summed E-state index contributed by atoms with van der Waals surface area (Å²) in [5.41, 5.74) is 4.08. The molecule has 1 aromatic rings. The zero-order valence-corrected chi connectivity index (χ0v) is 11.0. The van der Waals surface area contributed by atoms with Gasteiger partial charge in [-0.1, -0.05) is 0 Å². The van der Waals surface area contributed by atoms with Crippen molar-refractivity contribution in [3.8, 4) is 0 Å². The van der Waals surface area contributed by atoms with Gasteiger partial charge in [0.1, 0.15) is 4.33 Å². The van der Waals surface area contributed by atoms with Gasteiger partial charge in [-0.25, -0.2) is 0 Å². The first-order valence-corrected chi connectivity index (χ1v) is 6.01. The van der Waals surface area contributed by atoms with Gasteiger partial charge in [0, 0.05) is 12.4 Å². The first-order valence-electron chi connectivity index (χ1n) is 5.25. The second-order valence-electron chi connectivity index (χ2n) is 4.36. The number of carbonyl (C=O) groups is 2. The number of alkyl halides is 2. The third-order valence-corrected chi connectivity index (χ3v) is 4.07. The summed E-state index contributed by atoms with van der Waals surface area (Å²) in [6.45, 7) is 1.64. The molecule has 1 fully saturated rings. The van der Waals surface area contributed by atoms with Crippen LogP contribution in [0.4, 0.5) is 0 Å². The lowest BCUT2D eigenvalue weighted by molar-refractivity contribution is -0.126. The van der Waals surface area contributed by atoms with Crippen LogP contribution in [0.1, 0.15) is 23.7 Å². The van der Waals surface area contributed by atoms with E-state index in [1.165, 1.54) is 6.20 Å². The largest absolute Gasteiger partial charge is 0.273 e. The first kappa shape index (κ1) is 13.1. The van der Waals surface area contributed by atoms with E-state index in [9.17, 15) is 9.59 Å². The van der Waals surface area contributed by atoms with Crippen LogP contribution in [0.5, 0.6) is 0 Å². The molecule has 0 aliphatic heterocycles. The number of amides is 2. The van der Waals surface area contributed by atoms with E-state index in [1.54, 1.807) is 25.3 Å². The lowest BCUT2D eigenvalue weighted by atomic mass is 10.1. The maximum absolute atomic E-state index is 11.8. The minimum absolute atomic E-state index is 0.349. The summed E-state index contributed by atoms with van der Waals surface area (Å²) < 4.78 is -1.06. The number of halogens is 2. The van der Waals surface area contributed by atoms with Gasteiger partial charge in [0.2, 0.25) is 5.91 Å². The summed E-state index contributed by atoms with van der Waals surface area (Å²) in [4.78, 5) is 27.2. The van der Waals surface area contributed by atoms with Crippen LogP contribution >= 0.6 is 23.2 Å². The average Bonchev–Trinajstić information content (AvgIpc) is 2.87. The second kappa shape index (κ2) is 4.40. The molecule has 0 spiro atoms. The van der Waals surface area contributed by atoms with Crippen molar-refractivity contribution in [2.24, 2.45) is 5.41 Å². The SMILES string of the molecule is CC1(C(=O)NNC(=O)c2cccnc2)CC1(Cl)Cl. The number of nitrogens with one attached hydrogen (secondary N) is 2. The molecular formula is C11H11Cl2N3O2. The van der Waals surface area contributed by atoms with Crippen molar-refractivity contribution in [3.05, 3.63) is 30.1 Å². The molecule has 1 aliphatic carbocycles.